The Kier molecular flexibility index (Phi) is 4.47. The van der Waals surface area contributed by atoms with E-state index in [1.807, 2.05) is 29.4 Å². The van der Waals surface area contributed by atoms with Crippen LogP contribution in [0.4, 0.5) is 0 Å². The zero-order chi connectivity index (χ0) is 17.4. The molecular weight excluding hydrogens is 306 g/mol. The van der Waals surface area contributed by atoms with Gasteiger partial charge in [0.05, 0.1) is 0 Å². The molecule has 0 unspecified atom stereocenters. The molecule has 0 spiro atoms. The summed E-state index contributed by atoms with van der Waals surface area (Å²) in [4.78, 5) is 38.3. The molecule has 1 saturated heterocycles. The van der Waals surface area contributed by atoms with Crippen molar-refractivity contribution in [2.75, 3.05) is 13.1 Å². The molecule has 0 aromatic carbocycles. The molecule has 2 amide bonds. The van der Waals surface area contributed by atoms with Crippen LogP contribution in [0.2, 0.25) is 0 Å². The Labute approximate surface area is 141 Å². The summed E-state index contributed by atoms with van der Waals surface area (Å²) in [6.07, 6.45) is 1.01. The number of nitrogens with one attached hydrogen (secondary N) is 1. The molecule has 1 aromatic heterocycles. The largest absolute Gasteiger partial charge is 0.344 e. The maximum atomic E-state index is 12.9. The Balaban J connectivity index is 1.82. The molecule has 130 valence electrons. The molecule has 6 heteroatoms. The molecule has 3 atom stereocenters. The van der Waals surface area contributed by atoms with Crippen LogP contribution in [-0.4, -0.2) is 40.4 Å². The first-order chi connectivity index (χ1) is 11.4. The molecule has 1 aromatic rings. The van der Waals surface area contributed by atoms with Gasteiger partial charge in [-0.1, -0.05) is 19.9 Å². The second kappa shape index (κ2) is 6.42. The molecule has 3 rings (SSSR count). The number of rotatable bonds is 3. The molecule has 1 N–H and O–H groups in total. The van der Waals surface area contributed by atoms with Gasteiger partial charge in [-0.15, -0.1) is 0 Å². The fourth-order valence-electron chi connectivity index (χ4n) is 4.01. The second-order valence-electron chi connectivity index (χ2n) is 7.36. The van der Waals surface area contributed by atoms with E-state index in [9.17, 15) is 14.4 Å². The van der Waals surface area contributed by atoms with Crippen molar-refractivity contribution < 1.29 is 9.59 Å². The summed E-state index contributed by atoms with van der Waals surface area (Å²) in [6.45, 7) is 7.26. The SMILES string of the molecule is CC(=O)N[C@H](C(=O)N1C[C@@H]2C[C@H](C1)c1cccc(=O)n1C2)C(C)C. The molecule has 0 aliphatic carbocycles. The molecule has 2 aliphatic rings. The van der Waals surface area contributed by atoms with E-state index in [0.29, 0.717) is 25.6 Å². The smallest absolute Gasteiger partial charge is 0.250 e. The molecule has 6 nitrogen and oxygen atoms in total. The minimum atomic E-state index is -0.487. The minimum Gasteiger partial charge on any atom is -0.344 e. The van der Waals surface area contributed by atoms with Crippen molar-refractivity contribution in [3.8, 4) is 0 Å². The number of hydrogen-bond donors (Lipinski definition) is 1. The number of carbonyl (C=O) groups excluding carboxylic acids is 2. The topological polar surface area (TPSA) is 71.4 Å². The molecule has 24 heavy (non-hydrogen) atoms. The van der Waals surface area contributed by atoms with Crippen molar-refractivity contribution in [3.63, 3.8) is 0 Å². The second-order valence-corrected chi connectivity index (χ2v) is 7.36. The van der Waals surface area contributed by atoms with Crippen LogP contribution in [0.1, 0.15) is 38.8 Å². The Morgan fingerprint density at radius 2 is 1.96 bits per heavy atom. The lowest BCUT2D eigenvalue weighted by Gasteiger charge is -2.44. The number of pyridine rings is 1. The van der Waals surface area contributed by atoms with Crippen LogP contribution >= 0.6 is 0 Å². The van der Waals surface area contributed by atoms with E-state index in [1.165, 1.54) is 6.92 Å². The maximum absolute atomic E-state index is 12.9. The summed E-state index contributed by atoms with van der Waals surface area (Å²) in [6, 6.07) is 4.89. The number of piperidine rings is 1. The Hall–Kier alpha value is -2.11. The van der Waals surface area contributed by atoms with Gasteiger partial charge in [-0.2, -0.15) is 0 Å². The normalized spacial score (nSPS) is 23.6. The third kappa shape index (κ3) is 3.09. The number of likely N-dealkylation sites (tertiary alicyclic amines) is 1. The molecule has 2 aliphatic heterocycles. The summed E-state index contributed by atoms with van der Waals surface area (Å²) in [7, 11) is 0. The molecule has 2 bridgehead atoms. The van der Waals surface area contributed by atoms with Crippen molar-refractivity contribution >= 4 is 11.8 Å². The monoisotopic (exact) mass is 331 g/mol. The zero-order valence-electron chi connectivity index (χ0n) is 14.5. The predicted octanol–water partition coefficient (Wildman–Crippen LogP) is 0.955. The summed E-state index contributed by atoms with van der Waals surface area (Å²) >= 11 is 0. The highest BCUT2D eigenvalue weighted by atomic mass is 16.2. The Bertz CT molecular complexity index is 710. The fraction of sp³-hybridized carbons (Fsp3) is 0.611. The highest BCUT2D eigenvalue weighted by Gasteiger charge is 2.38. The lowest BCUT2D eigenvalue weighted by Crippen LogP contribution is -2.56. The standard InChI is InChI=1S/C18H25N3O3/c1-11(2)17(19-12(3)22)18(24)20-8-13-7-14(10-20)15-5-4-6-16(23)21(15)9-13/h4-6,11,13-14,17H,7-10H2,1-3H3,(H,19,22)/t13-,14+,17-/m0/s1. The third-order valence-electron chi connectivity index (χ3n) is 5.08. The summed E-state index contributed by atoms with van der Waals surface area (Å²) in [5.74, 6) is 0.335. The van der Waals surface area contributed by atoms with Crippen LogP contribution in [0.5, 0.6) is 0 Å². The van der Waals surface area contributed by atoms with Crippen molar-refractivity contribution in [3.05, 3.63) is 34.2 Å². The summed E-state index contributed by atoms with van der Waals surface area (Å²) < 4.78 is 1.86. The third-order valence-corrected chi connectivity index (χ3v) is 5.08. The fourth-order valence-corrected chi connectivity index (χ4v) is 4.01. The van der Waals surface area contributed by atoms with Gasteiger partial charge in [0.1, 0.15) is 6.04 Å². The number of aromatic nitrogens is 1. The Morgan fingerprint density at radius 1 is 1.21 bits per heavy atom. The average molecular weight is 331 g/mol. The number of amides is 2. The van der Waals surface area contributed by atoms with E-state index >= 15 is 0 Å². The first kappa shape index (κ1) is 16.7. The van der Waals surface area contributed by atoms with E-state index in [1.54, 1.807) is 12.1 Å². The van der Waals surface area contributed by atoms with Gasteiger partial charge in [0.15, 0.2) is 0 Å². The van der Waals surface area contributed by atoms with Crippen molar-refractivity contribution in [1.82, 2.24) is 14.8 Å². The van der Waals surface area contributed by atoms with E-state index in [4.69, 9.17) is 0 Å². The van der Waals surface area contributed by atoms with Gasteiger partial charge in [-0.3, -0.25) is 14.4 Å². The lowest BCUT2D eigenvalue weighted by molar-refractivity contribution is -0.139. The van der Waals surface area contributed by atoms with Gasteiger partial charge in [0, 0.05) is 44.2 Å². The predicted molar refractivity (Wildman–Crippen MR) is 90.6 cm³/mol. The summed E-state index contributed by atoms with van der Waals surface area (Å²) in [5, 5.41) is 2.79. The highest BCUT2D eigenvalue weighted by Crippen LogP contribution is 2.35. The van der Waals surface area contributed by atoms with Crippen LogP contribution in [0.25, 0.3) is 0 Å². The molecule has 1 fully saturated rings. The quantitative estimate of drug-likeness (QED) is 0.896. The Morgan fingerprint density at radius 3 is 2.62 bits per heavy atom. The minimum absolute atomic E-state index is 0.0124. The molecule has 0 saturated carbocycles. The van der Waals surface area contributed by atoms with E-state index in [0.717, 1.165) is 12.1 Å². The van der Waals surface area contributed by atoms with Gasteiger partial charge >= 0.3 is 0 Å². The van der Waals surface area contributed by atoms with E-state index < -0.39 is 6.04 Å². The molecule has 3 heterocycles. The molecular formula is C18H25N3O3. The number of nitrogens with zero attached hydrogens (tertiary/aromatic N) is 2. The number of fused-ring (bicyclic) bond motifs is 4. The highest BCUT2D eigenvalue weighted by molar-refractivity contribution is 5.87. The average Bonchev–Trinajstić information content (AvgIpc) is 2.52. The van der Waals surface area contributed by atoms with Crippen LogP contribution < -0.4 is 10.9 Å². The van der Waals surface area contributed by atoms with Crippen LogP contribution in [0.3, 0.4) is 0 Å². The first-order valence-corrected chi connectivity index (χ1v) is 8.62. The van der Waals surface area contributed by atoms with Crippen LogP contribution in [0, 0.1) is 11.8 Å². The van der Waals surface area contributed by atoms with Gasteiger partial charge in [0.25, 0.3) is 5.56 Å². The van der Waals surface area contributed by atoms with E-state index in [-0.39, 0.29) is 29.2 Å². The van der Waals surface area contributed by atoms with Gasteiger partial charge in [-0.05, 0) is 24.3 Å². The zero-order valence-corrected chi connectivity index (χ0v) is 14.5. The van der Waals surface area contributed by atoms with Gasteiger partial charge < -0.3 is 14.8 Å². The van der Waals surface area contributed by atoms with Gasteiger partial charge in [0.2, 0.25) is 11.8 Å². The van der Waals surface area contributed by atoms with Crippen molar-refractivity contribution in [2.45, 2.75) is 45.7 Å². The first-order valence-electron chi connectivity index (χ1n) is 8.62. The number of hydrogen-bond acceptors (Lipinski definition) is 3. The maximum Gasteiger partial charge on any atom is 0.250 e. The lowest BCUT2D eigenvalue weighted by atomic mass is 9.82. The van der Waals surface area contributed by atoms with Crippen molar-refractivity contribution in [2.24, 2.45) is 11.8 Å². The van der Waals surface area contributed by atoms with Crippen LogP contribution in [-0.2, 0) is 16.1 Å². The molecule has 0 radical (unpaired) electrons. The summed E-state index contributed by atoms with van der Waals surface area (Å²) in [5.41, 5.74) is 1.07. The number of carbonyl (C=O) groups is 2. The van der Waals surface area contributed by atoms with Crippen molar-refractivity contribution in [1.29, 1.82) is 0 Å². The van der Waals surface area contributed by atoms with Gasteiger partial charge in [-0.25, -0.2) is 0 Å². The van der Waals surface area contributed by atoms with Crippen LogP contribution in [0.15, 0.2) is 23.0 Å². The van der Waals surface area contributed by atoms with E-state index in [2.05, 4.69) is 5.32 Å².